The molecule has 0 spiro atoms. The largest absolute Gasteiger partial charge is 0.352 e. The highest BCUT2D eigenvalue weighted by Gasteiger charge is 2.23. The molecule has 0 unspecified atom stereocenters. The Morgan fingerprint density at radius 2 is 1.78 bits per heavy atom. The number of nitrogens with one attached hydrogen (secondary N) is 1. The fraction of sp³-hybridized carbons (Fsp3) is 0.250. The number of pyridine rings is 1. The van der Waals surface area contributed by atoms with Crippen molar-refractivity contribution in [2.75, 3.05) is 36.4 Å². The standard InChI is InChI=1S/C16H16Cl2N4O/c17-12-10-14(18)15(19-11-12)21-6-8-22(9-7-21)16(23)20-13-4-2-1-3-5-13/h1-5,10-11H,6-9H2,(H,20,23). The molecular weight excluding hydrogens is 335 g/mol. The van der Waals surface area contributed by atoms with Crippen LogP contribution in [-0.2, 0) is 0 Å². The van der Waals surface area contributed by atoms with Crippen molar-refractivity contribution in [2.45, 2.75) is 0 Å². The van der Waals surface area contributed by atoms with E-state index in [1.54, 1.807) is 17.2 Å². The van der Waals surface area contributed by atoms with Gasteiger partial charge in [0.05, 0.1) is 10.0 Å². The highest BCUT2D eigenvalue weighted by Crippen LogP contribution is 2.26. The van der Waals surface area contributed by atoms with E-state index < -0.39 is 0 Å². The third-order valence-corrected chi connectivity index (χ3v) is 4.16. The number of rotatable bonds is 2. The summed E-state index contributed by atoms with van der Waals surface area (Å²) in [4.78, 5) is 20.4. The summed E-state index contributed by atoms with van der Waals surface area (Å²) in [6.45, 7) is 2.58. The van der Waals surface area contributed by atoms with E-state index in [-0.39, 0.29) is 6.03 Å². The van der Waals surface area contributed by atoms with E-state index in [0.717, 1.165) is 5.69 Å². The molecule has 1 saturated heterocycles. The summed E-state index contributed by atoms with van der Waals surface area (Å²) in [5, 5.41) is 3.94. The van der Waals surface area contributed by atoms with Gasteiger partial charge in [0.2, 0.25) is 0 Å². The molecule has 1 aliphatic heterocycles. The molecule has 0 atom stereocenters. The summed E-state index contributed by atoms with van der Waals surface area (Å²) >= 11 is 12.1. The number of hydrogen-bond acceptors (Lipinski definition) is 3. The average Bonchev–Trinajstić information content (AvgIpc) is 2.56. The monoisotopic (exact) mass is 350 g/mol. The molecule has 120 valence electrons. The van der Waals surface area contributed by atoms with E-state index in [2.05, 4.69) is 15.2 Å². The molecule has 2 amide bonds. The first-order chi connectivity index (χ1) is 11.1. The van der Waals surface area contributed by atoms with E-state index in [1.165, 1.54) is 0 Å². The number of piperazine rings is 1. The lowest BCUT2D eigenvalue weighted by atomic mass is 10.3. The minimum absolute atomic E-state index is 0.0917. The number of halogens is 2. The Kier molecular flexibility index (Phi) is 4.88. The molecule has 0 bridgehead atoms. The Balaban J connectivity index is 1.59. The van der Waals surface area contributed by atoms with Crippen LogP contribution in [0.2, 0.25) is 10.0 Å². The minimum atomic E-state index is -0.0917. The third-order valence-electron chi connectivity index (χ3n) is 3.68. The van der Waals surface area contributed by atoms with E-state index in [0.29, 0.717) is 42.0 Å². The van der Waals surface area contributed by atoms with Crippen LogP contribution in [-0.4, -0.2) is 42.1 Å². The van der Waals surface area contributed by atoms with Crippen LogP contribution in [0.4, 0.5) is 16.3 Å². The van der Waals surface area contributed by atoms with Crippen molar-refractivity contribution < 1.29 is 4.79 Å². The van der Waals surface area contributed by atoms with Gasteiger partial charge < -0.3 is 15.1 Å². The molecule has 0 aliphatic carbocycles. The first-order valence-electron chi connectivity index (χ1n) is 7.30. The predicted octanol–water partition coefficient (Wildman–Crippen LogP) is 3.74. The van der Waals surface area contributed by atoms with Gasteiger partial charge in [0, 0.05) is 38.1 Å². The fourth-order valence-corrected chi connectivity index (χ4v) is 2.99. The van der Waals surface area contributed by atoms with Crippen LogP contribution in [0, 0.1) is 0 Å². The second-order valence-electron chi connectivity index (χ2n) is 5.23. The molecule has 5 nitrogen and oxygen atoms in total. The molecule has 1 N–H and O–H groups in total. The average molecular weight is 351 g/mol. The van der Waals surface area contributed by atoms with Crippen molar-refractivity contribution in [3.05, 3.63) is 52.6 Å². The van der Waals surface area contributed by atoms with Gasteiger partial charge >= 0.3 is 6.03 Å². The molecule has 7 heteroatoms. The zero-order chi connectivity index (χ0) is 16.2. The number of anilines is 2. The number of amides is 2. The van der Waals surface area contributed by atoms with Crippen molar-refractivity contribution in [3.8, 4) is 0 Å². The van der Waals surface area contributed by atoms with Gasteiger partial charge in [-0.05, 0) is 18.2 Å². The van der Waals surface area contributed by atoms with Gasteiger partial charge in [-0.3, -0.25) is 0 Å². The molecule has 2 heterocycles. The molecule has 0 saturated carbocycles. The van der Waals surface area contributed by atoms with Crippen molar-refractivity contribution in [3.63, 3.8) is 0 Å². The number of carbonyl (C=O) groups is 1. The molecule has 1 aromatic carbocycles. The zero-order valence-corrected chi connectivity index (χ0v) is 13.9. The molecule has 0 radical (unpaired) electrons. The highest BCUT2D eigenvalue weighted by atomic mass is 35.5. The van der Waals surface area contributed by atoms with Gasteiger partial charge in [0.1, 0.15) is 5.82 Å². The summed E-state index contributed by atoms with van der Waals surface area (Å²) in [6, 6.07) is 11.0. The summed E-state index contributed by atoms with van der Waals surface area (Å²) in [5.41, 5.74) is 0.794. The number of para-hydroxylation sites is 1. The van der Waals surface area contributed by atoms with Crippen LogP contribution in [0.3, 0.4) is 0 Å². The molecule has 1 aliphatic rings. The Morgan fingerprint density at radius 1 is 1.09 bits per heavy atom. The second-order valence-corrected chi connectivity index (χ2v) is 6.07. The van der Waals surface area contributed by atoms with Crippen LogP contribution in [0.1, 0.15) is 0 Å². The number of benzene rings is 1. The third kappa shape index (κ3) is 3.86. The van der Waals surface area contributed by atoms with Gasteiger partial charge in [-0.2, -0.15) is 0 Å². The Morgan fingerprint density at radius 3 is 2.43 bits per heavy atom. The van der Waals surface area contributed by atoms with Gasteiger partial charge in [-0.15, -0.1) is 0 Å². The lowest BCUT2D eigenvalue weighted by Gasteiger charge is -2.35. The first kappa shape index (κ1) is 15.9. The number of carbonyl (C=O) groups excluding carboxylic acids is 1. The molecular formula is C16H16Cl2N4O. The van der Waals surface area contributed by atoms with Gasteiger partial charge in [0.15, 0.2) is 0 Å². The summed E-state index contributed by atoms with van der Waals surface area (Å²) in [6.07, 6.45) is 1.58. The van der Waals surface area contributed by atoms with Crippen molar-refractivity contribution in [2.24, 2.45) is 0 Å². The molecule has 23 heavy (non-hydrogen) atoms. The smallest absolute Gasteiger partial charge is 0.321 e. The topological polar surface area (TPSA) is 48.5 Å². The van der Waals surface area contributed by atoms with Crippen LogP contribution >= 0.6 is 23.2 Å². The Hall–Kier alpha value is -1.98. The predicted molar refractivity (Wildman–Crippen MR) is 93.5 cm³/mol. The number of aromatic nitrogens is 1. The number of urea groups is 1. The van der Waals surface area contributed by atoms with Gasteiger partial charge in [-0.1, -0.05) is 41.4 Å². The van der Waals surface area contributed by atoms with Crippen LogP contribution < -0.4 is 10.2 Å². The van der Waals surface area contributed by atoms with Crippen molar-refractivity contribution >= 4 is 40.7 Å². The summed E-state index contributed by atoms with van der Waals surface area (Å²) in [5.74, 6) is 0.708. The van der Waals surface area contributed by atoms with Gasteiger partial charge in [-0.25, -0.2) is 9.78 Å². The lowest BCUT2D eigenvalue weighted by molar-refractivity contribution is 0.208. The van der Waals surface area contributed by atoms with E-state index in [1.807, 2.05) is 30.3 Å². The van der Waals surface area contributed by atoms with E-state index in [9.17, 15) is 4.79 Å². The van der Waals surface area contributed by atoms with Crippen molar-refractivity contribution in [1.82, 2.24) is 9.88 Å². The summed E-state index contributed by atoms with van der Waals surface area (Å²) in [7, 11) is 0. The Labute approximate surface area is 144 Å². The maximum Gasteiger partial charge on any atom is 0.321 e. The van der Waals surface area contributed by atoms with E-state index in [4.69, 9.17) is 23.2 Å². The van der Waals surface area contributed by atoms with E-state index >= 15 is 0 Å². The normalized spacial score (nSPS) is 14.7. The molecule has 2 aromatic rings. The quantitative estimate of drug-likeness (QED) is 0.897. The maximum atomic E-state index is 12.3. The van der Waals surface area contributed by atoms with Crippen LogP contribution in [0.5, 0.6) is 0 Å². The van der Waals surface area contributed by atoms with Crippen LogP contribution in [0.25, 0.3) is 0 Å². The summed E-state index contributed by atoms with van der Waals surface area (Å²) < 4.78 is 0. The van der Waals surface area contributed by atoms with Crippen LogP contribution in [0.15, 0.2) is 42.6 Å². The van der Waals surface area contributed by atoms with Gasteiger partial charge in [0.25, 0.3) is 0 Å². The molecule has 1 aromatic heterocycles. The minimum Gasteiger partial charge on any atom is -0.352 e. The molecule has 1 fully saturated rings. The first-order valence-corrected chi connectivity index (χ1v) is 8.06. The maximum absolute atomic E-state index is 12.3. The molecule has 3 rings (SSSR count). The van der Waals surface area contributed by atoms with Crippen molar-refractivity contribution in [1.29, 1.82) is 0 Å². The second kappa shape index (κ2) is 7.06. The SMILES string of the molecule is O=C(Nc1ccccc1)N1CCN(c2ncc(Cl)cc2Cl)CC1. The lowest BCUT2D eigenvalue weighted by Crippen LogP contribution is -2.50. The zero-order valence-electron chi connectivity index (χ0n) is 12.4. The highest BCUT2D eigenvalue weighted by molar-refractivity contribution is 6.36. The number of nitrogens with zero attached hydrogens (tertiary/aromatic N) is 3. The number of hydrogen-bond donors (Lipinski definition) is 1. The Bertz CT molecular complexity index is 688. The fourth-order valence-electron chi connectivity index (χ4n) is 2.49.